The van der Waals surface area contributed by atoms with Gasteiger partial charge in [0.15, 0.2) is 0 Å². The molecule has 2 nitrogen and oxygen atoms in total. The molecular formula is C15H21FO2. The Kier molecular flexibility index (Phi) is 3.47. The van der Waals surface area contributed by atoms with Gasteiger partial charge in [-0.2, -0.15) is 0 Å². The monoisotopic (exact) mass is 252 g/mol. The Labute approximate surface area is 108 Å². The molecule has 1 N–H and O–H groups in total. The maximum absolute atomic E-state index is 13.3. The highest BCUT2D eigenvalue weighted by atomic mass is 19.1. The number of benzene rings is 1. The summed E-state index contributed by atoms with van der Waals surface area (Å²) < 4.78 is 19.1. The second-order valence-electron chi connectivity index (χ2n) is 5.57. The molecule has 1 aromatic carbocycles. The van der Waals surface area contributed by atoms with Crippen molar-refractivity contribution < 1.29 is 14.2 Å². The highest BCUT2D eigenvalue weighted by Crippen LogP contribution is 2.41. The summed E-state index contributed by atoms with van der Waals surface area (Å²) in [6.45, 7) is 6.34. The van der Waals surface area contributed by atoms with Crippen LogP contribution in [-0.2, 0) is 10.3 Å². The average molecular weight is 252 g/mol. The number of hydrogen-bond donors (Lipinski definition) is 1. The van der Waals surface area contributed by atoms with Crippen LogP contribution in [0, 0.1) is 12.7 Å². The van der Waals surface area contributed by atoms with E-state index in [1.165, 1.54) is 6.07 Å². The van der Waals surface area contributed by atoms with E-state index in [0.29, 0.717) is 25.0 Å². The molecule has 0 saturated carbocycles. The molecule has 1 fully saturated rings. The van der Waals surface area contributed by atoms with Crippen LogP contribution >= 0.6 is 0 Å². The molecule has 1 aliphatic heterocycles. The molecule has 0 aliphatic carbocycles. The van der Waals surface area contributed by atoms with E-state index in [4.69, 9.17) is 4.74 Å². The summed E-state index contributed by atoms with van der Waals surface area (Å²) >= 11 is 0. The topological polar surface area (TPSA) is 29.5 Å². The van der Waals surface area contributed by atoms with E-state index >= 15 is 0 Å². The average Bonchev–Trinajstić information content (AvgIpc) is 2.32. The van der Waals surface area contributed by atoms with Gasteiger partial charge in [-0.15, -0.1) is 0 Å². The number of hydrogen-bond acceptors (Lipinski definition) is 2. The normalized spacial score (nSPS) is 32.5. The van der Waals surface area contributed by atoms with Crippen molar-refractivity contribution in [1.82, 2.24) is 0 Å². The number of ether oxygens (including phenoxy) is 1. The van der Waals surface area contributed by atoms with Crippen LogP contribution in [0.4, 0.5) is 4.39 Å². The molecule has 100 valence electrons. The summed E-state index contributed by atoms with van der Waals surface area (Å²) in [6, 6.07) is 4.86. The predicted molar refractivity (Wildman–Crippen MR) is 68.9 cm³/mol. The summed E-state index contributed by atoms with van der Waals surface area (Å²) in [6.07, 6.45) is 1.98. The molecule has 1 aromatic rings. The summed E-state index contributed by atoms with van der Waals surface area (Å²) in [5, 5.41) is 10.8. The summed E-state index contributed by atoms with van der Waals surface area (Å²) in [5.41, 5.74) is 0.173. The van der Waals surface area contributed by atoms with E-state index in [1.54, 1.807) is 19.1 Å². The smallest absolute Gasteiger partial charge is 0.126 e. The Bertz CT molecular complexity index is 446. The molecule has 1 aliphatic rings. The number of aryl methyl sites for hydroxylation is 1. The van der Waals surface area contributed by atoms with Crippen molar-refractivity contribution in [2.24, 2.45) is 0 Å². The van der Waals surface area contributed by atoms with Crippen LogP contribution in [0.1, 0.15) is 44.2 Å². The molecule has 0 spiro atoms. The Balaban J connectivity index is 2.32. The van der Waals surface area contributed by atoms with Crippen molar-refractivity contribution in [3.05, 3.63) is 35.1 Å². The van der Waals surface area contributed by atoms with Gasteiger partial charge in [-0.3, -0.25) is 0 Å². The number of aliphatic hydroxyl groups is 1. The minimum absolute atomic E-state index is 0.229. The molecule has 2 atom stereocenters. The molecule has 1 heterocycles. The van der Waals surface area contributed by atoms with Crippen LogP contribution < -0.4 is 0 Å². The van der Waals surface area contributed by atoms with Gasteiger partial charge in [0.1, 0.15) is 5.82 Å². The van der Waals surface area contributed by atoms with Gasteiger partial charge in [-0.05, 0) is 37.5 Å². The summed E-state index contributed by atoms with van der Waals surface area (Å²) in [4.78, 5) is 0. The van der Waals surface area contributed by atoms with E-state index in [0.717, 1.165) is 12.0 Å². The van der Waals surface area contributed by atoms with Crippen LogP contribution in [-0.4, -0.2) is 17.3 Å². The molecule has 3 heteroatoms. The largest absolute Gasteiger partial charge is 0.385 e. The lowest BCUT2D eigenvalue weighted by Gasteiger charge is -2.43. The molecule has 0 amide bonds. The number of halogens is 1. The van der Waals surface area contributed by atoms with Crippen LogP contribution in [0.25, 0.3) is 0 Å². The molecule has 2 rings (SSSR count). The van der Waals surface area contributed by atoms with Gasteiger partial charge < -0.3 is 9.84 Å². The SMILES string of the molecule is CCC1(C)CC(O)(c2ccc(F)c(C)c2)CCO1. The first kappa shape index (κ1) is 13.5. The second-order valence-corrected chi connectivity index (χ2v) is 5.57. The predicted octanol–water partition coefficient (Wildman–Crippen LogP) is 3.30. The van der Waals surface area contributed by atoms with Gasteiger partial charge in [-0.1, -0.05) is 19.1 Å². The molecule has 0 aromatic heterocycles. The van der Waals surface area contributed by atoms with E-state index in [1.807, 2.05) is 6.92 Å². The van der Waals surface area contributed by atoms with Crippen molar-refractivity contribution in [2.75, 3.05) is 6.61 Å². The molecule has 2 unspecified atom stereocenters. The maximum atomic E-state index is 13.3. The minimum atomic E-state index is -0.901. The molecule has 1 saturated heterocycles. The van der Waals surface area contributed by atoms with Crippen molar-refractivity contribution in [3.63, 3.8) is 0 Å². The number of rotatable bonds is 2. The van der Waals surface area contributed by atoms with Crippen molar-refractivity contribution >= 4 is 0 Å². The highest BCUT2D eigenvalue weighted by Gasteiger charge is 2.42. The third kappa shape index (κ3) is 2.43. The van der Waals surface area contributed by atoms with Crippen LogP contribution in [0.2, 0.25) is 0 Å². The van der Waals surface area contributed by atoms with Crippen LogP contribution in [0.5, 0.6) is 0 Å². The molecule has 18 heavy (non-hydrogen) atoms. The van der Waals surface area contributed by atoms with Gasteiger partial charge in [0, 0.05) is 12.8 Å². The Morgan fingerprint density at radius 3 is 2.78 bits per heavy atom. The Hall–Kier alpha value is -0.930. The van der Waals surface area contributed by atoms with E-state index in [2.05, 4.69) is 6.92 Å². The molecule has 0 radical (unpaired) electrons. The lowest BCUT2D eigenvalue weighted by Crippen LogP contribution is -2.45. The quantitative estimate of drug-likeness (QED) is 0.875. The Morgan fingerprint density at radius 2 is 2.17 bits per heavy atom. The molecular weight excluding hydrogens is 231 g/mol. The van der Waals surface area contributed by atoms with E-state index in [9.17, 15) is 9.50 Å². The summed E-state index contributed by atoms with van der Waals surface area (Å²) in [7, 11) is 0. The third-order valence-electron chi connectivity index (χ3n) is 4.08. The third-order valence-corrected chi connectivity index (χ3v) is 4.08. The fraction of sp³-hybridized carbons (Fsp3) is 0.600. The van der Waals surface area contributed by atoms with Gasteiger partial charge in [-0.25, -0.2) is 4.39 Å². The standard InChI is InChI=1S/C15H21FO2/c1-4-14(3)10-15(17,7-8-18-14)12-5-6-13(16)11(2)9-12/h5-6,9,17H,4,7-8,10H2,1-3H3. The fourth-order valence-corrected chi connectivity index (χ4v) is 2.63. The first-order valence-electron chi connectivity index (χ1n) is 6.51. The molecule has 0 bridgehead atoms. The van der Waals surface area contributed by atoms with Crippen molar-refractivity contribution in [2.45, 2.75) is 51.2 Å². The summed E-state index contributed by atoms with van der Waals surface area (Å²) in [5.74, 6) is -0.229. The Morgan fingerprint density at radius 1 is 1.44 bits per heavy atom. The fourth-order valence-electron chi connectivity index (χ4n) is 2.63. The lowest BCUT2D eigenvalue weighted by molar-refractivity contribution is -0.157. The zero-order valence-electron chi connectivity index (χ0n) is 11.3. The van der Waals surface area contributed by atoms with Gasteiger partial charge in [0.2, 0.25) is 0 Å². The van der Waals surface area contributed by atoms with E-state index < -0.39 is 5.60 Å². The lowest BCUT2D eigenvalue weighted by atomic mass is 9.77. The zero-order valence-corrected chi connectivity index (χ0v) is 11.3. The minimum Gasteiger partial charge on any atom is -0.385 e. The van der Waals surface area contributed by atoms with Crippen molar-refractivity contribution in [1.29, 1.82) is 0 Å². The van der Waals surface area contributed by atoms with Crippen LogP contribution in [0.15, 0.2) is 18.2 Å². The maximum Gasteiger partial charge on any atom is 0.126 e. The van der Waals surface area contributed by atoms with Gasteiger partial charge in [0.25, 0.3) is 0 Å². The first-order chi connectivity index (χ1) is 8.38. The van der Waals surface area contributed by atoms with Gasteiger partial charge in [0.05, 0.1) is 17.8 Å². The van der Waals surface area contributed by atoms with Gasteiger partial charge >= 0.3 is 0 Å². The van der Waals surface area contributed by atoms with Crippen LogP contribution in [0.3, 0.4) is 0 Å². The first-order valence-corrected chi connectivity index (χ1v) is 6.51. The van der Waals surface area contributed by atoms with E-state index in [-0.39, 0.29) is 11.4 Å². The second kappa shape index (κ2) is 4.63. The zero-order chi connectivity index (χ0) is 13.4. The highest BCUT2D eigenvalue weighted by molar-refractivity contribution is 5.29. The van der Waals surface area contributed by atoms with Crippen molar-refractivity contribution in [3.8, 4) is 0 Å².